The van der Waals surface area contributed by atoms with Crippen molar-refractivity contribution in [2.75, 3.05) is 0 Å². The highest BCUT2D eigenvalue weighted by Crippen LogP contribution is 2.09. The van der Waals surface area contributed by atoms with E-state index >= 15 is 0 Å². The molecule has 0 amide bonds. The lowest BCUT2D eigenvalue weighted by Gasteiger charge is -1.73. The van der Waals surface area contributed by atoms with Crippen LogP contribution in [-0.4, -0.2) is 4.40 Å². The van der Waals surface area contributed by atoms with Crippen LogP contribution in [0.5, 0.6) is 0 Å². The molecule has 0 aliphatic carbocycles. The van der Waals surface area contributed by atoms with Gasteiger partial charge in [-0.05, 0) is 6.07 Å². The second kappa shape index (κ2) is 1.36. The maximum absolute atomic E-state index is 3.08. The van der Waals surface area contributed by atoms with E-state index in [4.69, 9.17) is 0 Å². The monoisotopic (exact) mass is 122 g/mol. The van der Waals surface area contributed by atoms with E-state index in [0.717, 1.165) is 0 Å². The first kappa shape index (κ1) is 4.15. The minimum absolute atomic E-state index is 1.19. The molecule has 39 valence electrons. The third kappa shape index (κ3) is 0.406. The largest absolute Gasteiger partial charge is 0.314 e. The van der Waals surface area contributed by atoms with Gasteiger partial charge in [-0.3, -0.25) is 0 Å². The molecule has 8 heavy (non-hydrogen) atoms. The summed E-state index contributed by atoms with van der Waals surface area (Å²) >= 11 is 1.70. The third-order valence-electron chi connectivity index (χ3n) is 1.08. The molecule has 0 N–H and O–H groups in total. The Hall–Kier alpha value is -0.760. The molecule has 2 aromatic rings. The van der Waals surface area contributed by atoms with Gasteiger partial charge in [0.25, 0.3) is 0 Å². The van der Waals surface area contributed by atoms with Crippen molar-refractivity contribution in [1.82, 2.24) is 4.40 Å². The molecule has 0 unspecified atom stereocenters. The van der Waals surface area contributed by atoms with Gasteiger partial charge in [0.1, 0.15) is 4.83 Å². The van der Waals surface area contributed by atoms with Crippen LogP contribution in [0.3, 0.4) is 0 Å². The summed E-state index contributed by atoms with van der Waals surface area (Å²) in [4.78, 5) is 1.19. The van der Waals surface area contributed by atoms with Gasteiger partial charge >= 0.3 is 0 Å². The van der Waals surface area contributed by atoms with Crippen molar-refractivity contribution >= 4 is 16.2 Å². The molecule has 0 aliphatic heterocycles. The summed E-state index contributed by atoms with van der Waals surface area (Å²) in [5.41, 5.74) is 0. The van der Waals surface area contributed by atoms with E-state index in [1.54, 1.807) is 11.3 Å². The lowest BCUT2D eigenvalue weighted by Crippen LogP contribution is -1.64. The summed E-state index contributed by atoms with van der Waals surface area (Å²) in [7, 11) is 0. The fraction of sp³-hybridized carbons (Fsp3) is 0. The number of hydrogen-bond donors (Lipinski definition) is 0. The maximum atomic E-state index is 3.08. The Morgan fingerprint density at radius 3 is 3.38 bits per heavy atom. The molecular weight excluding hydrogens is 118 g/mol. The summed E-state index contributed by atoms with van der Waals surface area (Å²) < 4.78 is 2.05. The highest BCUT2D eigenvalue weighted by molar-refractivity contribution is 7.15. The summed E-state index contributed by atoms with van der Waals surface area (Å²) in [5, 5.41) is 2.05. The van der Waals surface area contributed by atoms with Crippen molar-refractivity contribution in [2.24, 2.45) is 0 Å². The Kier molecular flexibility index (Phi) is 0.704. The molecule has 2 heteroatoms. The van der Waals surface area contributed by atoms with Crippen LogP contribution in [0.4, 0.5) is 0 Å². The fourth-order valence-electron chi connectivity index (χ4n) is 0.704. The van der Waals surface area contributed by atoms with Crippen molar-refractivity contribution in [3.63, 3.8) is 0 Å². The minimum atomic E-state index is 1.19. The minimum Gasteiger partial charge on any atom is -0.314 e. The highest BCUT2D eigenvalue weighted by Gasteiger charge is 1.87. The topological polar surface area (TPSA) is 4.41 Å². The molecule has 0 bridgehead atoms. The van der Waals surface area contributed by atoms with Crippen LogP contribution >= 0.6 is 11.3 Å². The number of hydrogen-bond acceptors (Lipinski definition) is 1. The third-order valence-corrected chi connectivity index (χ3v) is 1.89. The SMILES string of the molecule is [c]1ccn2ccsc12. The second-order valence-corrected chi connectivity index (χ2v) is 2.47. The van der Waals surface area contributed by atoms with Crippen LogP contribution in [0, 0.1) is 6.07 Å². The molecule has 0 aromatic carbocycles. The first-order chi connectivity index (χ1) is 3.97. The van der Waals surface area contributed by atoms with E-state index in [1.165, 1.54) is 4.83 Å². The molecule has 0 saturated heterocycles. The van der Waals surface area contributed by atoms with Gasteiger partial charge in [-0.25, -0.2) is 0 Å². The molecule has 2 rings (SSSR count). The summed E-state index contributed by atoms with van der Waals surface area (Å²) in [5.74, 6) is 0. The summed E-state index contributed by atoms with van der Waals surface area (Å²) in [6.07, 6.45) is 4.02. The first-order valence-corrected chi connectivity index (χ1v) is 3.26. The lowest BCUT2D eigenvalue weighted by atomic mass is 10.7. The van der Waals surface area contributed by atoms with Crippen LogP contribution < -0.4 is 0 Å². The average molecular weight is 122 g/mol. The zero-order valence-electron chi connectivity index (χ0n) is 4.16. The van der Waals surface area contributed by atoms with Crippen molar-refractivity contribution in [3.05, 3.63) is 29.9 Å². The molecule has 0 aliphatic rings. The van der Waals surface area contributed by atoms with Crippen molar-refractivity contribution in [3.8, 4) is 0 Å². The quantitative estimate of drug-likeness (QED) is 0.502. The molecule has 0 fully saturated rings. The van der Waals surface area contributed by atoms with E-state index in [2.05, 4.69) is 6.07 Å². The van der Waals surface area contributed by atoms with Gasteiger partial charge in [0.15, 0.2) is 0 Å². The Balaban J connectivity index is 3.06. The predicted octanol–water partition coefficient (Wildman–Crippen LogP) is 1.80. The van der Waals surface area contributed by atoms with Gasteiger partial charge in [-0.2, -0.15) is 0 Å². The van der Waals surface area contributed by atoms with Gasteiger partial charge in [-0.1, -0.05) is 0 Å². The van der Waals surface area contributed by atoms with Crippen LogP contribution in [0.15, 0.2) is 23.8 Å². The first-order valence-electron chi connectivity index (χ1n) is 2.39. The number of fused-ring (bicyclic) bond motifs is 1. The summed E-state index contributed by atoms with van der Waals surface area (Å²) in [6.45, 7) is 0. The number of thiazole rings is 1. The van der Waals surface area contributed by atoms with Gasteiger partial charge in [0, 0.05) is 23.8 Å². The van der Waals surface area contributed by atoms with Crippen LogP contribution in [-0.2, 0) is 0 Å². The normalized spacial score (nSPS) is 10.5. The van der Waals surface area contributed by atoms with E-state index in [1.807, 2.05) is 28.2 Å². The molecule has 1 nitrogen and oxygen atoms in total. The van der Waals surface area contributed by atoms with Gasteiger partial charge in [0.2, 0.25) is 0 Å². The maximum Gasteiger partial charge on any atom is 0.107 e. The second-order valence-electron chi connectivity index (χ2n) is 1.58. The Morgan fingerprint density at radius 1 is 1.50 bits per heavy atom. The Bertz CT molecular complexity index is 230. The molecule has 0 spiro atoms. The standard InChI is InChI=1S/C6H4NS/c1-2-6-7(3-1)4-5-8-6/h1,3-5H. The fourth-order valence-corrected chi connectivity index (χ4v) is 1.40. The van der Waals surface area contributed by atoms with Crippen molar-refractivity contribution < 1.29 is 0 Å². The van der Waals surface area contributed by atoms with Gasteiger partial charge < -0.3 is 4.40 Å². The summed E-state index contributed by atoms with van der Waals surface area (Å²) in [6, 6.07) is 5.00. The van der Waals surface area contributed by atoms with E-state index in [9.17, 15) is 0 Å². The highest BCUT2D eigenvalue weighted by atomic mass is 32.1. The van der Waals surface area contributed by atoms with Crippen molar-refractivity contribution in [1.29, 1.82) is 0 Å². The van der Waals surface area contributed by atoms with Crippen LogP contribution in [0.25, 0.3) is 4.83 Å². The number of rotatable bonds is 0. The number of aromatic nitrogens is 1. The van der Waals surface area contributed by atoms with E-state index in [0.29, 0.717) is 0 Å². The van der Waals surface area contributed by atoms with Crippen LogP contribution in [0.2, 0.25) is 0 Å². The average Bonchev–Trinajstić information content (AvgIpc) is 2.15. The van der Waals surface area contributed by atoms with Crippen LogP contribution in [0.1, 0.15) is 0 Å². The van der Waals surface area contributed by atoms with Crippen molar-refractivity contribution in [2.45, 2.75) is 0 Å². The predicted molar refractivity (Wildman–Crippen MR) is 34.1 cm³/mol. The molecule has 0 atom stereocenters. The smallest absolute Gasteiger partial charge is 0.107 e. The Labute approximate surface area is 51.2 Å². The van der Waals surface area contributed by atoms with E-state index < -0.39 is 0 Å². The zero-order valence-corrected chi connectivity index (χ0v) is 4.98. The van der Waals surface area contributed by atoms with Gasteiger partial charge in [-0.15, -0.1) is 11.3 Å². The zero-order chi connectivity index (χ0) is 5.40. The molecular formula is C6H4NS. The molecule has 1 radical (unpaired) electrons. The Morgan fingerprint density at radius 2 is 2.50 bits per heavy atom. The number of nitrogens with zero attached hydrogens (tertiary/aromatic N) is 1. The van der Waals surface area contributed by atoms with E-state index in [-0.39, 0.29) is 0 Å². The molecule has 0 saturated carbocycles. The lowest BCUT2D eigenvalue weighted by molar-refractivity contribution is 1.24. The molecule has 2 aromatic heterocycles. The van der Waals surface area contributed by atoms with Gasteiger partial charge in [0.05, 0.1) is 0 Å². The molecule has 2 heterocycles.